The minimum Gasteiger partial charge on any atom is -0.390 e. The Bertz CT molecular complexity index is 956. The van der Waals surface area contributed by atoms with Gasteiger partial charge in [-0.05, 0) is 105 Å². The van der Waals surface area contributed by atoms with Crippen LogP contribution < -0.4 is 0 Å². The van der Waals surface area contributed by atoms with Crippen molar-refractivity contribution in [2.24, 2.45) is 52.8 Å². The summed E-state index contributed by atoms with van der Waals surface area (Å²) >= 11 is 0. The predicted octanol–water partition coefficient (Wildman–Crippen LogP) is 5.35. The van der Waals surface area contributed by atoms with Crippen LogP contribution in [0.3, 0.4) is 0 Å². The first-order chi connectivity index (χ1) is 15.5. The number of aromatic nitrogens is 2. The van der Waals surface area contributed by atoms with E-state index in [2.05, 4.69) is 12.0 Å². The molecule has 5 aliphatic carbocycles. The lowest BCUT2D eigenvalue weighted by atomic mass is 9.48. The van der Waals surface area contributed by atoms with Crippen LogP contribution in [0.4, 0.5) is 13.2 Å². The molecule has 33 heavy (non-hydrogen) atoms. The van der Waals surface area contributed by atoms with Gasteiger partial charge in [0.1, 0.15) is 0 Å². The third kappa shape index (κ3) is 3.42. The molecule has 1 aromatic rings. The molecule has 0 saturated heterocycles. The van der Waals surface area contributed by atoms with Gasteiger partial charge in [-0.25, -0.2) is 0 Å². The van der Waals surface area contributed by atoms with Crippen LogP contribution in [-0.2, 0) is 17.5 Å². The van der Waals surface area contributed by atoms with Crippen molar-refractivity contribution in [3.05, 3.63) is 18.0 Å². The molecule has 0 amide bonds. The van der Waals surface area contributed by atoms with E-state index in [0.717, 1.165) is 50.9 Å². The molecule has 5 fully saturated rings. The van der Waals surface area contributed by atoms with Crippen LogP contribution in [0, 0.1) is 52.8 Å². The van der Waals surface area contributed by atoms with Crippen molar-refractivity contribution in [2.75, 3.05) is 0 Å². The average Bonchev–Trinajstić information content (AvgIpc) is 3.20. The standard InChI is InChI=1S/C26H35F3N2O2/c1-24(33)7-5-16-14(10-24)3-4-18-17(16)6-8-25(2)22(18)19-9-20(19)23(25)21(32)13-31-12-15(11-30-31)26(27,28)29/h11-12,14,16-20,22-23,33H,3-10,13H2,1-2H3/t14-,16+,17-,18-,19-,20+,22-,23-,24-,25+/m1/s1. The van der Waals surface area contributed by atoms with Crippen molar-refractivity contribution in [1.82, 2.24) is 9.78 Å². The lowest BCUT2D eigenvalue weighted by molar-refractivity contribution is -0.138. The summed E-state index contributed by atoms with van der Waals surface area (Å²) in [7, 11) is 0. The third-order valence-electron chi connectivity index (χ3n) is 10.6. The van der Waals surface area contributed by atoms with Crippen LogP contribution in [0.15, 0.2) is 12.4 Å². The molecule has 0 aliphatic heterocycles. The topological polar surface area (TPSA) is 55.1 Å². The molecule has 7 heteroatoms. The van der Waals surface area contributed by atoms with E-state index in [1.54, 1.807) is 0 Å². The number of carbonyl (C=O) groups is 1. The smallest absolute Gasteiger partial charge is 0.390 e. The second-order valence-corrected chi connectivity index (χ2v) is 12.6. The Labute approximate surface area is 193 Å². The van der Waals surface area contributed by atoms with Crippen molar-refractivity contribution in [2.45, 2.75) is 83.5 Å². The highest BCUT2D eigenvalue weighted by Gasteiger charge is 2.70. The summed E-state index contributed by atoms with van der Waals surface area (Å²) in [5, 5.41) is 14.4. The molecule has 182 valence electrons. The molecule has 0 radical (unpaired) electrons. The SMILES string of the molecule is C[C@@]1(O)CC[C@H]2[C@H](CC[C@@H]3[C@@H]2CC[C@@]2(C)[C@H]3[C@@H]3C[C@@H]3[C@@H]2C(=O)Cn2cc(C(F)(F)F)cn2)C1. The van der Waals surface area contributed by atoms with Gasteiger partial charge >= 0.3 is 6.18 Å². The lowest BCUT2D eigenvalue weighted by Crippen LogP contribution is -2.52. The minimum atomic E-state index is -4.43. The molecular weight excluding hydrogens is 429 g/mol. The zero-order chi connectivity index (χ0) is 23.3. The number of carbonyl (C=O) groups excluding carboxylic acids is 1. The van der Waals surface area contributed by atoms with Crippen LogP contribution in [0.5, 0.6) is 0 Å². The summed E-state index contributed by atoms with van der Waals surface area (Å²) in [5.41, 5.74) is -1.33. The Balaban J connectivity index is 1.20. The largest absolute Gasteiger partial charge is 0.419 e. The summed E-state index contributed by atoms with van der Waals surface area (Å²) in [6.07, 6.45) is 6.02. The van der Waals surface area contributed by atoms with Gasteiger partial charge in [-0.2, -0.15) is 18.3 Å². The van der Waals surface area contributed by atoms with Gasteiger partial charge in [-0.15, -0.1) is 0 Å². The lowest BCUT2D eigenvalue weighted by Gasteiger charge is -2.57. The fraction of sp³-hybridized carbons (Fsp3) is 0.846. The van der Waals surface area contributed by atoms with E-state index in [1.165, 1.54) is 17.5 Å². The molecule has 10 atom stereocenters. The van der Waals surface area contributed by atoms with Gasteiger partial charge in [0.25, 0.3) is 0 Å². The number of fused-ring (bicyclic) bond motifs is 7. The maximum Gasteiger partial charge on any atom is 0.419 e. The molecule has 5 saturated carbocycles. The van der Waals surface area contributed by atoms with Crippen LogP contribution >= 0.6 is 0 Å². The fourth-order valence-corrected chi connectivity index (χ4v) is 9.51. The van der Waals surface area contributed by atoms with Crippen molar-refractivity contribution in [1.29, 1.82) is 0 Å². The summed E-state index contributed by atoms with van der Waals surface area (Å²) < 4.78 is 40.1. The summed E-state index contributed by atoms with van der Waals surface area (Å²) in [6, 6.07) is 0. The second kappa shape index (κ2) is 7.08. The molecule has 0 bridgehead atoms. The highest BCUT2D eigenvalue weighted by atomic mass is 19.4. The molecule has 0 aromatic carbocycles. The summed E-state index contributed by atoms with van der Waals surface area (Å²) in [6.45, 7) is 4.25. The fourth-order valence-electron chi connectivity index (χ4n) is 9.51. The minimum absolute atomic E-state index is 0.0289. The van der Waals surface area contributed by atoms with Gasteiger partial charge in [0.05, 0.1) is 23.9 Å². The molecule has 5 aliphatic rings. The van der Waals surface area contributed by atoms with E-state index in [4.69, 9.17) is 0 Å². The number of hydrogen-bond acceptors (Lipinski definition) is 3. The molecular formula is C26H35F3N2O2. The molecule has 0 spiro atoms. The Hall–Kier alpha value is -1.37. The van der Waals surface area contributed by atoms with Gasteiger partial charge in [-0.1, -0.05) is 6.92 Å². The van der Waals surface area contributed by atoms with Crippen molar-refractivity contribution >= 4 is 5.78 Å². The third-order valence-corrected chi connectivity index (χ3v) is 10.6. The number of hydrogen-bond donors (Lipinski definition) is 1. The van der Waals surface area contributed by atoms with Gasteiger partial charge in [0, 0.05) is 12.1 Å². The highest BCUT2D eigenvalue weighted by molar-refractivity contribution is 5.83. The maximum atomic E-state index is 13.5. The van der Waals surface area contributed by atoms with E-state index >= 15 is 0 Å². The molecule has 1 N–H and O–H groups in total. The molecule has 0 unspecified atom stereocenters. The van der Waals surface area contributed by atoms with E-state index in [1.807, 2.05) is 6.92 Å². The maximum absolute atomic E-state index is 13.5. The van der Waals surface area contributed by atoms with Crippen LogP contribution in [0.2, 0.25) is 0 Å². The number of nitrogens with zero attached hydrogens (tertiary/aromatic N) is 2. The van der Waals surface area contributed by atoms with Gasteiger partial charge in [0.15, 0.2) is 5.78 Å². The summed E-state index contributed by atoms with van der Waals surface area (Å²) in [4.78, 5) is 13.5. The van der Waals surface area contributed by atoms with Gasteiger partial charge in [-0.3, -0.25) is 9.48 Å². The van der Waals surface area contributed by atoms with Crippen LogP contribution in [0.1, 0.15) is 70.8 Å². The number of ketones is 1. The number of halogens is 3. The van der Waals surface area contributed by atoms with Crippen LogP contribution in [0.25, 0.3) is 0 Å². The molecule has 1 aromatic heterocycles. The van der Waals surface area contributed by atoms with Crippen molar-refractivity contribution in [3.63, 3.8) is 0 Å². The zero-order valence-corrected chi connectivity index (χ0v) is 19.5. The first-order valence-corrected chi connectivity index (χ1v) is 12.8. The number of aliphatic hydroxyl groups is 1. The van der Waals surface area contributed by atoms with E-state index in [9.17, 15) is 23.1 Å². The Morgan fingerprint density at radius 3 is 2.58 bits per heavy atom. The Kier molecular flexibility index (Phi) is 4.74. The Morgan fingerprint density at radius 1 is 1.09 bits per heavy atom. The van der Waals surface area contributed by atoms with Crippen molar-refractivity contribution in [3.8, 4) is 0 Å². The predicted molar refractivity (Wildman–Crippen MR) is 116 cm³/mol. The monoisotopic (exact) mass is 464 g/mol. The number of Topliss-reactive ketones (excluding diaryl/α,β-unsaturated/α-hetero) is 1. The molecule has 6 rings (SSSR count). The number of rotatable bonds is 3. The molecule has 1 heterocycles. The molecule has 4 nitrogen and oxygen atoms in total. The second-order valence-electron chi connectivity index (χ2n) is 12.6. The van der Waals surface area contributed by atoms with E-state index in [0.29, 0.717) is 41.4 Å². The first-order valence-electron chi connectivity index (χ1n) is 12.8. The van der Waals surface area contributed by atoms with Crippen LogP contribution in [-0.4, -0.2) is 26.3 Å². The zero-order valence-electron chi connectivity index (χ0n) is 19.5. The average molecular weight is 465 g/mol. The van der Waals surface area contributed by atoms with Gasteiger partial charge in [0.2, 0.25) is 0 Å². The summed E-state index contributed by atoms with van der Waals surface area (Å²) in [5.74, 6) is 4.36. The van der Waals surface area contributed by atoms with Gasteiger partial charge < -0.3 is 5.11 Å². The van der Waals surface area contributed by atoms with E-state index in [-0.39, 0.29) is 23.7 Å². The normalized spacial score (nSPS) is 48.4. The first kappa shape index (κ1) is 22.1. The number of alkyl halides is 3. The highest BCUT2D eigenvalue weighted by Crippen LogP contribution is 2.74. The quantitative estimate of drug-likeness (QED) is 0.656. The van der Waals surface area contributed by atoms with Crippen molar-refractivity contribution < 1.29 is 23.1 Å². The van der Waals surface area contributed by atoms with E-state index < -0.39 is 17.3 Å². The Morgan fingerprint density at radius 2 is 1.85 bits per heavy atom.